The first kappa shape index (κ1) is 14.9. The monoisotopic (exact) mass is 215 g/mol. The third kappa shape index (κ3) is 4.52. The first-order chi connectivity index (χ1) is 6.91. The average Bonchev–Trinajstić information content (AvgIpc) is 2.18. The molecule has 0 amide bonds. The first-order valence-corrected chi connectivity index (χ1v) is 6.14. The molecule has 15 heavy (non-hydrogen) atoms. The van der Waals surface area contributed by atoms with Gasteiger partial charge in [0.2, 0.25) is 0 Å². The Morgan fingerprint density at radius 3 is 2.13 bits per heavy atom. The van der Waals surface area contributed by atoms with Crippen LogP contribution in [0, 0.1) is 10.8 Å². The minimum Gasteiger partial charge on any atom is -0.381 e. The van der Waals surface area contributed by atoms with E-state index in [0.717, 1.165) is 13.0 Å². The quantitative estimate of drug-likeness (QED) is 0.767. The lowest BCUT2D eigenvalue weighted by molar-refractivity contribution is -0.0302. The molecule has 1 fully saturated rings. The van der Waals surface area contributed by atoms with Crippen molar-refractivity contribution in [2.75, 3.05) is 13.7 Å². The number of hydrogen-bond acceptors (Lipinski definition) is 2. The molecule has 0 bridgehead atoms. The van der Waals surface area contributed by atoms with Crippen molar-refractivity contribution in [1.82, 2.24) is 0 Å². The van der Waals surface area contributed by atoms with Gasteiger partial charge in [0, 0.05) is 7.11 Å². The lowest BCUT2D eigenvalue weighted by Crippen LogP contribution is -2.43. The van der Waals surface area contributed by atoms with E-state index in [-0.39, 0.29) is 5.41 Å². The van der Waals surface area contributed by atoms with E-state index in [1.807, 2.05) is 21.0 Å². The summed E-state index contributed by atoms with van der Waals surface area (Å²) >= 11 is 0. The Labute approximate surface area is 95.6 Å². The van der Waals surface area contributed by atoms with E-state index >= 15 is 0 Å². The second kappa shape index (κ2) is 5.86. The Morgan fingerprint density at radius 1 is 1.20 bits per heavy atom. The summed E-state index contributed by atoms with van der Waals surface area (Å²) in [5.41, 5.74) is 6.48. The van der Waals surface area contributed by atoms with Crippen molar-refractivity contribution in [1.29, 1.82) is 0 Å². The van der Waals surface area contributed by atoms with Crippen LogP contribution in [0.25, 0.3) is 0 Å². The molecule has 0 heterocycles. The van der Waals surface area contributed by atoms with E-state index in [1.165, 1.54) is 12.8 Å². The highest BCUT2D eigenvalue weighted by atomic mass is 16.5. The number of hydrogen-bond donors (Lipinski definition) is 1. The predicted octanol–water partition coefficient (Wildman–Crippen LogP) is 3.20. The molecule has 2 unspecified atom stereocenters. The molecular weight excluding hydrogens is 186 g/mol. The summed E-state index contributed by atoms with van der Waals surface area (Å²) in [6.45, 7) is 11.7. The number of ether oxygens (including phenoxy) is 1. The summed E-state index contributed by atoms with van der Waals surface area (Å²) in [6.07, 6.45) is 3.90. The van der Waals surface area contributed by atoms with Gasteiger partial charge in [-0.2, -0.15) is 0 Å². The van der Waals surface area contributed by atoms with Crippen LogP contribution in [0.1, 0.15) is 53.9 Å². The maximum absolute atomic E-state index is 5.82. The Hall–Kier alpha value is -0.0800. The van der Waals surface area contributed by atoms with Crippen molar-refractivity contribution < 1.29 is 4.74 Å². The van der Waals surface area contributed by atoms with Gasteiger partial charge in [-0.25, -0.2) is 0 Å². The Balaban J connectivity index is 0.000000921. The van der Waals surface area contributed by atoms with E-state index in [0.29, 0.717) is 11.5 Å². The zero-order valence-electron chi connectivity index (χ0n) is 11.4. The molecule has 1 rings (SSSR count). The van der Waals surface area contributed by atoms with Crippen LogP contribution >= 0.6 is 0 Å². The van der Waals surface area contributed by atoms with Gasteiger partial charge in [0.1, 0.15) is 0 Å². The first-order valence-electron chi connectivity index (χ1n) is 6.14. The van der Waals surface area contributed by atoms with Gasteiger partial charge in [0.15, 0.2) is 0 Å². The summed E-state index contributed by atoms with van der Waals surface area (Å²) < 4.78 is 5.47. The van der Waals surface area contributed by atoms with Crippen LogP contribution in [0.2, 0.25) is 0 Å². The highest BCUT2D eigenvalue weighted by Crippen LogP contribution is 2.46. The van der Waals surface area contributed by atoms with E-state index < -0.39 is 0 Å². The van der Waals surface area contributed by atoms with Crippen molar-refractivity contribution in [3.05, 3.63) is 0 Å². The van der Waals surface area contributed by atoms with E-state index in [1.54, 1.807) is 0 Å². The lowest BCUT2D eigenvalue weighted by atomic mass is 9.63. The molecule has 2 nitrogen and oxygen atoms in total. The molecule has 0 spiro atoms. The molecule has 0 aromatic rings. The molecular formula is C13H29NO. The molecule has 1 aliphatic carbocycles. The van der Waals surface area contributed by atoms with Crippen LogP contribution in [0.15, 0.2) is 0 Å². The number of nitrogens with two attached hydrogens (primary N) is 1. The SMILES string of the molecule is CC.COC1CC(C)(C)CC(C)(CN)C1. The molecule has 2 atom stereocenters. The average molecular weight is 215 g/mol. The Kier molecular flexibility index (Phi) is 5.82. The summed E-state index contributed by atoms with van der Waals surface area (Å²) in [5.74, 6) is 0. The largest absolute Gasteiger partial charge is 0.381 e. The highest BCUT2D eigenvalue weighted by Gasteiger charge is 2.40. The van der Waals surface area contributed by atoms with Gasteiger partial charge >= 0.3 is 0 Å². The summed E-state index contributed by atoms with van der Waals surface area (Å²) in [7, 11) is 1.81. The van der Waals surface area contributed by atoms with Crippen LogP contribution < -0.4 is 5.73 Å². The van der Waals surface area contributed by atoms with Crippen LogP contribution in [0.4, 0.5) is 0 Å². The van der Waals surface area contributed by atoms with Crippen molar-refractivity contribution >= 4 is 0 Å². The van der Waals surface area contributed by atoms with Crippen LogP contribution in [0.5, 0.6) is 0 Å². The van der Waals surface area contributed by atoms with Gasteiger partial charge in [0.05, 0.1) is 6.10 Å². The smallest absolute Gasteiger partial charge is 0.0582 e. The second-order valence-corrected chi connectivity index (χ2v) is 5.62. The fourth-order valence-corrected chi connectivity index (χ4v) is 2.86. The molecule has 1 saturated carbocycles. The fraction of sp³-hybridized carbons (Fsp3) is 1.00. The molecule has 0 radical (unpaired) electrons. The molecule has 0 aromatic heterocycles. The minimum absolute atomic E-state index is 0.280. The van der Waals surface area contributed by atoms with Crippen LogP contribution in [-0.2, 0) is 4.74 Å². The zero-order chi connectivity index (χ0) is 12.1. The van der Waals surface area contributed by atoms with Crippen molar-refractivity contribution in [3.63, 3.8) is 0 Å². The fourth-order valence-electron chi connectivity index (χ4n) is 2.86. The normalized spacial score (nSPS) is 34.2. The van der Waals surface area contributed by atoms with Gasteiger partial charge in [-0.05, 0) is 36.6 Å². The maximum atomic E-state index is 5.82. The summed E-state index contributed by atoms with van der Waals surface area (Å²) in [4.78, 5) is 0. The van der Waals surface area contributed by atoms with Gasteiger partial charge in [-0.3, -0.25) is 0 Å². The molecule has 0 aromatic carbocycles. The standard InChI is InChI=1S/C11H23NO.C2H6/c1-10(2)5-9(13-4)6-11(3,7-10)8-12;1-2/h9H,5-8,12H2,1-4H3;1-2H3. The molecule has 0 saturated heterocycles. The van der Waals surface area contributed by atoms with Crippen molar-refractivity contribution in [2.24, 2.45) is 16.6 Å². The third-order valence-corrected chi connectivity index (χ3v) is 3.23. The van der Waals surface area contributed by atoms with Crippen molar-refractivity contribution in [3.8, 4) is 0 Å². The van der Waals surface area contributed by atoms with E-state index in [4.69, 9.17) is 10.5 Å². The molecule has 0 aliphatic heterocycles. The second-order valence-electron chi connectivity index (χ2n) is 5.62. The summed E-state index contributed by atoms with van der Waals surface area (Å²) in [5, 5.41) is 0. The molecule has 1 aliphatic rings. The molecule has 2 heteroatoms. The van der Waals surface area contributed by atoms with Crippen LogP contribution in [-0.4, -0.2) is 19.8 Å². The summed E-state index contributed by atoms with van der Waals surface area (Å²) in [6, 6.07) is 0. The minimum atomic E-state index is 0.280. The third-order valence-electron chi connectivity index (χ3n) is 3.23. The maximum Gasteiger partial charge on any atom is 0.0582 e. The zero-order valence-corrected chi connectivity index (χ0v) is 11.4. The van der Waals surface area contributed by atoms with Crippen molar-refractivity contribution in [2.45, 2.75) is 60.0 Å². The topological polar surface area (TPSA) is 35.2 Å². The lowest BCUT2D eigenvalue weighted by Gasteiger charge is -2.45. The van der Waals surface area contributed by atoms with Gasteiger partial charge in [-0.15, -0.1) is 0 Å². The highest BCUT2D eigenvalue weighted by molar-refractivity contribution is 4.92. The number of methoxy groups -OCH3 is 1. The van der Waals surface area contributed by atoms with Gasteiger partial charge < -0.3 is 10.5 Å². The molecule has 2 N–H and O–H groups in total. The Bertz CT molecular complexity index is 179. The van der Waals surface area contributed by atoms with E-state index in [9.17, 15) is 0 Å². The molecule has 92 valence electrons. The van der Waals surface area contributed by atoms with Crippen LogP contribution in [0.3, 0.4) is 0 Å². The number of rotatable bonds is 2. The van der Waals surface area contributed by atoms with E-state index in [2.05, 4.69) is 20.8 Å². The Morgan fingerprint density at radius 2 is 1.73 bits per heavy atom. The van der Waals surface area contributed by atoms with Gasteiger partial charge in [-0.1, -0.05) is 34.6 Å². The van der Waals surface area contributed by atoms with Gasteiger partial charge in [0.25, 0.3) is 0 Å². The predicted molar refractivity (Wildman–Crippen MR) is 66.9 cm³/mol.